The van der Waals surface area contributed by atoms with E-state index in [1.807, 2.05) is 6.92 Å². The molecular formula is C35H44N5O2P. The first-order chi connectivity index (χ1) is 20.8. The summed E-state index contributed by atoms with van der Waals surface area (Å²) in [7, 11) is 0. The van der Waals surface area contributed by atoms with Gasteiger partial charge in [-0.3, -0.25) is 4.90 Å². The number of allylic oxidation sites excluding steroid dienone is 1. The topological polar surface area (TPSA) is 96.2 Å². The lowest BCUT2D eigenvalue weighted by molar-refractivity contribution is 0.0342. The molecule has 2 aromatic rings. The quantitative estimate of drug-likeness (QED) is 0.377. The van der Waals surface area contributed by atoms with Crippen LogP contribution < -0.4 is 11.0 Å². The van der Waals surface area contributed by atoms with Gasteiger partial charge in [0, 0.05) is 38.4 Å². The highest BCUT2D eigenvalue weighted by Crippen LogP contribution is 2.48. The van der Waals surface area contributed by atoms with Crippen molar-refractivity contribution >= 4 is 30.1 Å². The molecule has 43 heavy (non-hydrogen) atoms. The highest BCUT2D eigenvalue weighted by Gasteiger charge is 2.29. The average Bonchev–Trinajstić information content (AvgIpc) is 3.02. The van der Waals surface area contributed by atoms with Gasteiger partial charge in [0.15, 0.2) is 0 Å². The van der Waals surface area contributed by atoms with Crippen molar-refractivity contribution in [2.24, 2.45) is 21.6 Å². The number of hydrogen-bond donors (Lipinski definition) is 1. The summed E-state index contributed by atoms with van der Waals surface area (Å²) in [5, 5.41) is 11.5. The number of morpholine rings is 1. The van der Waals surface area contributed by atoms with Crippen LogP contribution in [-0.4, -0.2) is 61.4 Å². The first kappa shape index (κ1) is 31.0. The summed E-state index contributed by atoms with van der Waals surface area (Å²) in [5.74, 6) is 4.17. The summed E-state index contributed by atoms with van der Waals surface area (Å²) >= 11 is 0. The minimum atomic E-state index is -2.13. The minimum absolute atomic E-state index is 0.241. The fourth-order valence-electron chi connectivity index (χ4n) is 6.46. The number of ether oxygens (including phenoxy) is 2. The summed E-state index contributed by atoms with van der Waals surface area (Å²) < 4.78 is 11.5. The molecule has 0 radical (unpaired) electrons. The molecule has 0 bridgehead atoms. The molecule has 8 heteroatoms. The molecule has 5 rings (SSSR count). The SMILES string of the molecule is C=CN=C1OC(C)C(c2ccc(C3CCC(CP(=C)(C#N)c4cccc(CN5CCOCC5)c4)CC3)cc2)=N/C1=C(/C)N. The van der Waals surface area contributed by atoms with Gasteiger partial charge in [-0.05, 0) is 85.6 Å². The van der Waals surface area contributed by atoms with Crippen LogP contribution in [0.1, 0.15) is 62.1 Å². The summed E-state index contributed by atoms with van der Waals surface area (Å²) in [5.41, 5.74) is 11.7. The third kappa shape index (κ3) is 7.39. The van der Waals surface area contributed by atoms with Gasteiger partial charge in [0.2, 0.25) is 5.90 Å². The first-order valence-electron chi connectivity index (χ1n) is 15.3. The van der Waals surface area contributed by atoms with E-state index >= 15 is 0 Å². The highest BCUT2D eigenvalue weighted by atomic mass is 31.2. The van der Waals surface area contributed by atoms with Gasteiger partial charge in [-0.2, -0.15) is 5.26 Å². The number of hydrogen-bond acceptors (Lipinski definition) is 7. The second-order valence-corrected chi connectivity index (χ2v) is 15.1. The summed E-state index contributed by atoms with van der Waals surface area (Å²) in [6.45, 7) is 9.71. The van der Waals surface area contributed by atoms with Crippen LogP contribution in [0.5, 0.6) is 0 Å². The van der Waals surface area contributed by atoms with Crippen LogP contribution in [0.15, 0.2) is 82.7 Å². The number of nitrogens with two attached hydrogens (primary N) is 1. The van der Waals surface area contributed by atoms with Gasteiger partial charge in [0.25, 0.3) is 0 Å². The Hall–Kier alpha value is -3.43. The Bertz CT molecular complexity index is 1480. The van der Waals surface area contributed by atoms with E-state index in [2.05, 4.69) is 77.1 Å². The summed E-state index contributed by atoms with van der Waals surface area (Å²) in [6, 6.07) is 17.4. The monoisotopic (exact) mass is 597 g/mol. The molecule has 1 aliphatic carbocycles. The molecule has 1 saturated carbocycles. The Morgan fingerprint density at radius 2 is 1.88 bits per heavy atom. The molecule has 0 amide bonds. The van der Waals surface area contributed by atoms with Crippen LogP contribution in [0.4, 0.5) is 0 Å². The zero-order valence-corrected chi connectivity index (χ0v) is 26.4. The van der Waals surface area contributed by atoms with E-state index in [-0.39, 0.29) is 6.10 Å². The standard InChI is InChI=1S/C35H44N5O2P/c1-5-38-35-33(25(2)37)39-34(26(3)42-35)31-15-13-30(14-16-31)29-11-9-27(10-12-29)23-43(4,24-36)32-8-6-7-28(21-32)22-40-17-19-41-20-18-40/h5-8,13-16,21,26-27,29H,1,4,9-12,17-20,22-23,37H2,2-3H3/b33-25-,38-35?. The van der Waals surface area contributed by atoms with Crippen LogP contribution in [0.25, 0.3) is 0 Å². The second kappa shape index (κ2) is 13.9. The largest absolute Gasteiger partial charge is 0.467 e. The lowest BCUT2D eigenvalue weighted by Gasteiger charge is -2.32. The molecule has 7 nitrogen and oxygen atoms in total. The van der Waals surface area contributed by atoms with Crippen LogP contribution in [0.3, 0.4) is 0 Å². The second-order valence-electron chi connectivity index (χ2n) is 12.1. The molecule has 1 saturated heterocycles. The van der Waals surface area contributed by atoms with Gasteiger partial charge in [0.05, 0.1) is 24.7 Å². The molecule has 0 aromatic heterocycles. The summed E-state index contributed by atoms with van der Waals surface area (Å²) in [4.78, 5) is 11.4. The van der Waals surface area contributed by atoms with Crippen molar-refractivity contribution < 1.29 is 9.47 Å². The Morgan fingerprint density at radius 1 is 1.16 bits per heavy atom. The fraction of sp³-hybridized carbons (Fsp3) is 0.429. The third-order valence-electron chi connectivity index (χ3n) is 8.89. The number of aliphatic imine (C=N–C) groups is 2. The fourth-order valence-corrected chi connectivity index (χ4v) is 8.90. The maximum atomic E-state index is 10.3. The predicted octanol–water partition coefficient (Wildman–Crippen LogP) is 5.99. The minimum Gasteiger partial charge on any atom is -0.467 e. The Labute approximate surface area is 256 Å². The summed E-state index contributed by atoms with van der Waals surface area (Å²) in [6.07, 6.45) is 11.2. The molecule has 2 N–H and O–H groups in total. The molecule has 2 aromatic carbocycles. The number of nitriles is 1. The highest BCUT2D eigenvalue weighted by molar-refractivity contribution is 7.84. The van der Waals surface area contributed by atoms with E-state index < -0.39 is 6.89 Å². The smallest absolute Gasteiger partial charge is 0.242 e. The van der Waals surface area contributed by atoms with Crippen molar-refractivity contribution in [3.05, 3.63) is 89.4 Å². The van der Waals surface area contributed by atoms with Crippen molar-refractivity contribution in [3.63, 3.8) is 0 Å². The molecule has 2 atom stereocenters. The van der Waals surface area contributed by atoms with Gasteiger partial charge in [0.1, 0.15) is 11.8 Å². The van der Waals surface area contributed by atoms with Crippen LogP contribution in [-0.2, 0) is 16.0 Å². The predicted molar refractivity (Wildman–Crippen MR) is 179 cm³/mol. The van der Waals surface area contributed by atoms with Crippen molar-refractivity contribution in [3.8, 4) is 5.81 Å². The Balaban J connectivity index is 1.21. The van der Waals surface area contributed by atoms with E-state index in [1.54, 1.807) is 6.92 Å². The maximum absolute atomic E-state index is 10.3. The van der Waals surface area contributed by atoms with Crippen LogP contribution in [0, 0.1) is 17.0 Å². The normalized spacial score (nSPS) is 26.5. The van der Waals surface area contributed by atoms with Crippen LogP contribution >= 0.6 is 6.89 Å². The molecule has 3 aliphatic rings. The van der Waals surface area contributed by atoms with E-state index in [4.69, 9.17) is 20.2 Å². The Morgan fingerprint density at radius 3 is 2.53 bits per heavy atom. The number of benzene rings is 2. The van der Waals surface area contributed by atoms with E-state index in [9.17, 15) is 5.26 Å². The molecular weight excluding hydrogens is 553 g/mol. The van der Waals surface area contributed by atoms with Gasteiger partial charge >= 0.3 is 0 Å². The van der Waals surface area contributed by atoms with Gasteiger partial charge in [-0.15, -0.1) is 0 Å². The van der Waals surface area contributed by atoms with Gasteiger partial charge < -0.3 is 15.2 Å². The van der Waals surface area contributed by atoms with Crippen molar-refractivity contribution in [2.75, 3.05) is 32.5 Å². The molecule has 2 unspecified atom stereocenters. The molecule has 2 fully saturated rings. The van der Waals surface area contributed by atoms with Crippen molar-refractivity contribution in [1.82, 2.24) is 4.90 Å². The third-order valence-corrected chi connectivity index (χ3v) is 11.7. The van der Waals surface area contributed by atoms with E-state index in [0.29, 0.717) is 29.1 Å². The molecule has 2 aliphatic heterocycles. The molecule has 226 valence electrons. The van der Waals surface area contributed by atoms with Crippen molar-refractivity contribution in [2.45, 2.75) is 58.1 Å². The molecule has 2 heterocycles. The Kier molecular flexibility index (Phi) is 10.0. The first-order valence-corrected chi connectivity index (χ1v) is 17.5. The van der Waals surface area contributed by atoms with Crippen molar-refractivity contribution in [1.29, 1.82) is 5.26 Å². The zero-order valence-electron chi connectivity index (χ0n) is 25.5. The lowest BCUT2D eigenvalue weighted by atomic mass is 9.79. The van der Waals surface area contributed by atoms with E-state index in [1.165, 1.54) is 17.3 Å². The number of nitrogens with zero attached hydrogens (tertiary/aromatic N) is 4. The maximum Gasteiger partial charge on any atom is 0.242 e. The average molecular weight is 598 g/mol. The van der Waals surface area contributed by atoms with E-state index in [0.717, 1.165) is 81.3 Å². The lowest BCUT2D eigenvalue weighted by Crippen LogP contribution is -2.35. The van der Waals surface area contributed by atoms with Crippen LogP contribution in [0.2, 0.25) is 0 Å². The zero-order chi connectivity index (χ0) is 30.4. The van der Waals surface area contributed by atoms with Gasteiger partial charge in [-0.25, -0.2) is 9.98 Å². The molecule has 0 spiro atoms. The number of rotatable bonds is 8. The van der Waals surface area contributed by atoms with Gasteiger partial charge in [-0.1, -0.05) is 55.3 Å².